The molecule has 0 N–H and O–H groups in total. The summed E-state index contributed by atoms with van der Waals surface area (Å²) in [5.74, 6) is 0.393. The van der Waals surface area contributed by atoms with Crippen LogP contribution in [-0.2, 0) is 6.54 Å². The normalized spacial score (nSPS) is 15.0. The van der Waals surface area contributed by atoms with Crippen LogP contribution in [0, 0.1) is 0 Å². The van der Waals surface area contributed by atoms with Crippen LogP contribution in [0.3, 0.4) is 0 Å². The van der Waals surface area contributed by atoms with Crippen LogP contribution in [0.1, 0.15) is 19.3 Å². The molecule has 0 saturated heterocycles. The minimum atomic E-state index is -0.0727. The molecular weight excluding hydrogens is 294 g/mol. The van der Waals surface area contributed by atoms with Crippen molar-refractivity contribution in [1.29, 1.82) is 0 Å². The van der Waals surface area contributed by atoms with Crippen molar-refractivity contribution in [3.05, 3.63) is 50.9 Å². The number of aryl methyl sites for hydroxylation is 1. The maximum absolute atomic E-state index is 11.9. The Kier molecular flexibility index (Phi) is 4.42. The third kappa shape index (κ3) is 2.93. The van der Waals surface area contributed by atoms with Gasteiger partial charge in [0, 0.05) is 12.7 Å². The summed E-state index contributed by atoms with van der Waals surface area (Å²) in [5.41, 5.74) is 1.20. The number of hydrogen-bond acceptors (Lipinski definition) is 2. The summed E-state index contributed by atoms with van der Waals surface area (Å²) in [6.07, 6.45) is 9.10. The molecular formula is C14H16BrNO2. The van der Waals surface area contributed by atoms with Crippen molar-refractivity contribution in [3.63, 3.8) is 0 Å². The summed E-state index contributed by atoms with van der Waals surface area (Å²) in [7, 11) is 1.52. The molecule has 0 saturated carbocycles. The second kappa shape index (κ2) is 6.05. The zero-order valence-electron chi connectivity index (χ0n) is 10.4. The van der Waals surface area contributed by atoms with Gasteiger partial charge >= 0.3 is 0 Å². The molecule has 1 heterocycles. The van der Waals surface area contributed by atoms with Gasteiger partial charge in [-0.2, -0.15) is 0 Å². The topological polar surface area (TPSA) is 31.2 Å². The van der Waals surface area contributed by atoms with Crippen LogP contribution < -0.4 is 10.3 Å². The van der Waals surface area contributed by atoms with Crippen LogP contribution in [0.2, 0.25) is 0 Å². The molecule has 1 aromatic rings. The Morgan fingerprint density at radius 3 is 3.06 bits per heavy atom. The lowest BCUT2D eigenvalue weighted by Crippen LogP contribution is -2.20. The second-order valence-electron chi connectivity index (χ2n) is 4.20. The molecule has 4 heteroatoms. The molecule has 0 aromatic carbocycles. The zero-order chi connectivity index (χ0) is 13.0. The van der Waals surface area contributed by atoms with Gasteiger partial charge in [0.2, 0.25) is 0 Å². The zero-order valence-corrected chi connectivity index (χ0v) is 11.9. The van der Waals surface area contributed by atoms with Gasteiger partial charge in [-0.1, -0.05) is 28.1 Å². The van der Waals surface area contributed by atoms with Gasteiger partial charge in [0.1, 0.15) is 0 Å². The number of allylic oxidation sites excluding steroid dienone is 4. The molecule has 0 unspecified atom stereocenters. The van der Waals surface area contributed by atoms with E-state index < -0.39 is 0 Å². The number of hydrogen-bond donors (Lipinski definition) is 0. The molecule has 18 heavy (non-hydrogen) atoms. The molecule has 0 fully saturated rings. The van der Waals surface area contributed by atoms with Crippen molar-refractivity contribution in [3.8, 4) is 5.75 Å². The highest BCUT2D eigenvalue weighted by Crippen LogP contribution is 2.26. The van der Waals surface area contributed by atoms with Crippen molar-refractivity contribution >= 4 is 15.9 Å². The SMILES string of the molecule is COc1cccn(CCC2=C(Br)CCC=C2)c1=O. The maximum atomic E-state index is 11.9. The fraction of sp³-hybridized carbons (Fsp3) is 0.357. The smallest absolute Gasteiger partial charge is 0.292 e. The Morgan fingerprint density at radius 1 is 1.50 bits per heavy atom. The third-order valence-corrected chi connectivity index (χ3v) is 3.93. The van der Waals surface area contributed by atoms with Crippen LogP contribution in [0.5, 0.6) is 5.75 Å². The number of pyridine rings is 1. The summed E-state index contributed by atoms with van der Waals surface area (Å²) >= 11 is 3.59. The minimum Gasteiger partial charge on any atom is -0.491 e. The average molecular weight is 310 g/mol. The van der Waals surface area contributed by atoms with Crippen molar-refractivity contribution in [2.24, 2.45) is 0 Å². The van der Waals surface area contributed by atoms with Crippen LogP contribution >= 0.6 is 15.9 Å². The molecule has 1 aliphatic rings. The van der Waals surface area contributed by atoms with E-state index in [0.29, 0.717) is 12.3 Å². The summed E-state index contributed by atoms with van der Waals surface area (Å²) in [5, 5.41) is 0. The van der Waals surface area contributed by atoms with E-state index >= 15 is 0 Å². The number of halogens is 1. The van der Waals surface area contributed by atoms with Crippen LogP contribution in [0.15, 0.2) is 45.3 Å². The highest BCUT2D eigenvalue weighted by molar-refractivity contribution is 9.11. The number of aromatic nitrogens is 1. The van der Waals surface area contributed by atoms with E-state index in [1.807, 2.05) is 6.07 Å². The Balaban J connectivity index is 2.11. The predicted octanol–water partition coefficient (Wildman–Crippen LogP) is 3.25. The fourth-order valence-corrected chi connectivity index (χ4v) is 2.55. The molecule has 1 aromatic heterocycles. The lowest BCUT2D eigenvalue weighted by molar-refractivity contribution is 0.402. The molecule has 0 atom stereocenters. The first-order valence-electron chi connectivity index (χ1n) is 6.00. The first kappa shape index (κ1) is 13.1. The number of nitrogens with zero attached hydrogens (tertiary/aromatic N) is 1. The van der Waals surface area contributed by atoms with Gasteiger partial charge in [-0.15, -0.1) is 0 Å². The fourth-order valence-electron chi connectivity index (χ4n) is 1.99. The predicted molar refractivity (Wildman–Crippen MR) is 76.2 cm³/mol. The van der Waals surface area contributed by atoms with Crippen molar-refractivity contribution in [2.75, 3.05) is 7.11 Å². The van der Waals surface area contributed by atoms with Crippen LogP contribution in [0.4, 0.5) is 0 Å². The Labute approximate surface area is 115 Å². The first-order chi connectivity index (χ1) is 8.72. The van der Waals surface area contributed by atoms with E-state index in [2.05, 4.69) is 28.1 Å². The number of ether oxygens (including phenoxy) is 1. The molecule has 3 nitrogen and oxygen atoms in total. The van der Waals surface area contributed by atoms with Gasteiger partial charge in [-0.3, -0.25) is 4.79 Å². The molecule has 0 amide bonds. The van der Waals surface area contributed by atoms with E-state index in [4.69, 9.17) is 4.74 Å². The van der Waals surface area contributed by atoms with E-state index in [9.17, 15) is 4.79 Å². The van der Waals surface area contributed by atoms with Crippen LogP contribution in [-0.4, -0.2) is 11.7 Å². The minimum absolute atomic E-state index is 0.0727. The molecule has 0 aliphatic heterocycles. The first-order valence-corrected chi connectivity index (χ1v) is 6.79. The molecule has 0 radical (unpaired) electrons. The molecule has 0 bridgehead atoms. The second-order valence-corrected chi connectivity index (χ2v) is 5.15. The van der Waals surface area contributed by atoms with Crippen molar-refractivity contribution < 1.29 is 4.74 Å². The highest BCUT2D eigenvalue weighted by atomic mass is 79.9. The molecule has 96 valence electrons. The molecule has 1 aliphatic carbocycles. The van der Waals surface area contributed by atoms with Gasteiger partial charge in [-0.05, 0) is 41.5 Å². The largest absolute Gasteiger partial charge is 0.491 e. The van der Waals surface area contributed by atoms with Gasteiger partial charge in [-0.25, -0.2) is 0 Å². The summed E-state index contributed by atoms with van der Waals surface area (Å²) in [6, 6.07) is 3.52. The average Bonchev–Trinajstić information content (AvgIpc) is 2.39. The van der Waals surface area contributed by atoms with E-state index in [-0.39, 0.29) is 5.56 Å². The van der Waals surface area contributed by atoms with Crippen molar-refractivity contribution in [1.82, 2.24) is 4.57 Å². The maximum Gasteiger partial charge on any atom is 0.292 e. The highest BCUT2D eigenvalue weighted by Gasteiger charge is 2.07. The summed E-state index contributed by atoms with van der Waals surface area (Å²) in [6.45, 7) is 0.671. The Hall–Kier alpha value is -1.29. The van der Waals surface area contributed by atoms with Gasteiger partial charge < -0.3 is 9.30 Å². The number of methoxy groups -OCH3 is 1. The van der Waals surface area contributed by atoms with E-state index in [0.717, 1.165) is 19.3 Å². The lowest BCUT2D eigenvalue weighted by atomic mass is 10.0. The van der Waals surface area contributed by atoms with Crippen LogP contribution in [0.25, 0.3) is 0 Å². The lowest BCUT2D eigenvalue weighted by Gasteiger charge is -2.12. The summed E-state index contributed by atoms with van der Waals surface area (Å²) < 4.78 is 7.97. The van der Waals surface area contributed by atoms with E-state index in [1.54, 1.807) is 16.8 Å². The van der Waals surface area contributed by atoms with Crippen molar-refractivity contribution in [2.45, 2.75) is 25.8 Å². The van der Waals surface area contributed by atoms with Gasteiger partial charge in [0.05, 0.1) is 7.11 Å². The summed E-state index contributed by atoms with van der Waals surface area (Å²) in [4.78, 5) is 11.9. The van der Waals surface area contributed by atoms with E-state index in [1.165, 1.54) is 17.2 Å². The quantitative estimate of drug-likeness (QED) is 0.855. The standard InChI is InChI=1S/C14H16BrNO2/c1-18-13-7-4-9-16(14(13)17)10-8-11-5-2-3-6-12(11)15/h2,4-5,7,9H,3,6,8,10H2,1H3. The molecule has 0 spiro atoms. The van der Waals surface area contributed by atoms with Gasteiger partial charge in [0.15, 0.2) is 5.75 Å². The Morgan fingerprint density at radius 2 is 2.33 bits per heavy atom. The monoisotopic (exact) mass is 309 g/mol. The molecule has 2 rings (SSSR count). The third-order valence-electron chi connectivity index (χ3n) is 3.03. The van der Waals surface area contributed by atoms with Gasteiger partial charge in [0.25, 0.3) is 5.56 Å². The number of rotatable bonds is 4. The Bertz CT molecular complexity index is 543.